The lowest BCUT2D eigenvalue weighted by molar-refractivity contribution is -0.145. The molecule has 0 bridgehead atoms. The van der Waals surface area contributed by atoms with E-state index in [0.717, 1.165) is 32.5 Å². The summed E-state index contributed by atoms with van der Waals surface area (Å²) in [6, 6.07) is 0. The first kappa shape index (κ1) is 11.9. The van der Waals surface area contributed by atoms with Crippen molar-refractivity contribution in [2.24, 2.45) is 5.92 Å². The molecule has 0 aliphatic carbocycles. The number of hydrogen-bond donors (Lipinski definition) is 0. The molecule has 0 aromatic carbocycles. The van der Waals surface area contributed by atoms with Crippen LogP contribution in [0.2, 0.25) is 0 Å². The molecule has 16 heavy (non-hydrogen) atoms. The van der Waals surface area contributed by atoms with E-state index in [-0.39, 0.29) is 17.9 Å². The summed E-state index contributed by atoms with van der Waals surface area (Å²) >= 11 is 0. The molecule has 2 heterocycles. The topological polar surface area (TPSA) is 38.8 Å². The lowest BCUT2D eigenvalue weighted by Crippen LogP contribution is -2.46. The molecule has 1 amide bonds. The molecule has 0 saturated carbocycles. The zero-order chi connectivity index (χ0) is 11.4. The van der Waals surface area contributed by atoms with E-state index in [1.54, 1.807) is 0 Å². The van der Waals surface area contributed by atoms with E-state index in [9.17, 15) is 4.79 Å². The minimum absolute atomic E-state index is 0.00148. The quantitative estimate of drug-likeness (QED) is 0.708. The third kappa shape index (κ3) is 2.74. The fraction of sp³-hybridized carbons (Fsp3) is 0.917. The van der Waals surface area contributed by atoms with Crippen molar-refractivity contribution in [2.45, 2.75) is 32.3 Å². The monoisotopic (exact) mass is 227 g/mol. The van der Waals surface area contributed by atoms with E-state index >= 15 is 0 Å². The number of carbonyl (C=O) groups is 1. The van der Waals surface area contributed by atoms with Crippen LogP contribution in [-0.2, 0) is 14.3 Å². The predicted octanol–water partition coefficient (Wildman–Crippen LogP) is 1.05. The molecule has 1 unspecified atom stereocenters. The molecule has 2 aliphatic heterocycles. The van der Waals surface area contributed by atoms with Crippen molar-refractivity contribution in [3.63, 3.8) is 0 Å². The van der Waals surface area contributed by atoms with E-state index < -0.39 is 0 Å². The maximum atomic E-state index is 12.2. The molecular formula is C12H21NO3. The number of morpholine rings is 1. The molecule has 2 saturated heterocycles. The van der Waals surface area contributed by atoms with Crippen molar-refractivity contribution < 1.29 is 14.3 Å². The van der Waals surface area contributed by atoms with Gasteiger partial charge in [-0.1, -0.05) is 6.92 Å². The third-order valence-electron chi connectivity index (χ3n) is 3.48. The lowest BCUT2D eigenvalue weighted by atomic mass is 9.96. The third-order valence-corrected chi connectivity index (χ3v) is 3.48. The Balaban J connectivity index is 1.86. The summed E-state index contributed by atoms with van der Waals surface area (Å²) in [5.74, 6) is 0.230. The van der Waals surface area contributed by atoms with E-state index in [1.165, 1.54) is 6.42 Å². The van der Waals surface area contributed by atoms with Crippen LogP contribution < -0.4 is 0 Å². The number of amides is 1. The lowest BCUT2D eigenvalue weighted by Gasteiger charge is -2.33. The Morgan fingerprint density at radius 1 is 1.25 bits per heavy atom. The average molecular weight is 227 g/mol. The fourth-order valence-electron chi connectivity index (χ4n) is 2.39. The summed E-state index contributed by atoms with van der Waals surface area (Å²) in [5.41, 5.74) is 0. The SMILES string of the molecule is C[C@H](C(=O)N1CCOCC1)C1CCCCO1. The normalized spacial score (nSPS) is 28.8. The van der Waals surface area contributed by atoms with Gasteiger partial charge in [0.25, 0.3) is 0 Å². The smallest absolute Gasteiger partial charge is 0.228 e. The number of carbonyl (C=O) groups excluding carboxylic acids is 1. The molecule has 0 aromatic rings. The Labute approximate surface area is 96.9 Å². The van der Waals surface area contributed by atoms with Gasteiger partial charge < -0.3 is 14.4 Å². The van der Waals surface area contributed by atoms with Crippen LogP contribution >= 0.6 is 0 Å². The maximum absolute atomic E-state index is 12.2. The first-order valence-corrected chi connectivity index (χ1v) is 6.27. The number of hydrogen-bond acceptors (Lipinski definition) is 3. The van der Waals surface area contributed by atoms with Gasteiger partial charge >= 0.3 is 0 Å². The minimum Gasteiger partial charge on any atom is -0.378 e. The van der Waals surface area contributed by atoms with Gasteiger partial charge in [0.05, 0.1) is 25.2 Å². The second-order valence-electron chi connectivity index (χ2n) is 4.63. The molecule has 2 atom stereocenters. The number of ether oxygens (including phenoxy) is 2. The maximum Gasteiger partial charge on any atom is 0.228 e. The van der Waals surface area contributed by atoms with Crippen LogP contribution in [0.3, 0.4) is 0 Å². The summed E-state index contributed by atoms with van der Waals surface area (Å²) in [5, 5.41) is 0. The Bertz CT molecular complexity index is 232. The van der Waals surface area contributed by atoms with Crippen LogP contribution in [-0.4, -0.2) is 49.8 Å². The standard InChI is InChI=1S/C12H21NO3/c1-10(11-4-2-3-7-16-11)12(14)13-5-8-15-9-6-13/h10-11H,2-9H2,1H3/t10-,11?/m0/s1. The van der Waals surface area contributed by atoms with Crippen LogP contribution in [0, 0.1) is 5.92 Å². The molecule has 2 rings (SSSR count). The molecular weight excluding hydrogens is 206 g/mol. The van der Waals surface area contributed by atoms with E-state index in [2.05, 4.69) is 0 Å². The van der Waals surface area contributed by atoms with Crippen LogP contribution in [0.1, 0.15) is 26.2 Å². The van der Waals surface area contributed by atoms with Gasteiger partial charge in [0.1, 0.15) is 0 Å². The van der Waals surface area contributed by atoms with Crippen LogP contribution in [0.4, 0.5) is 0 Å². The molecule has 4 nitrogen and oxygen atoms in total. The number of rotatable bonds is 2. The van der Waals surface area contributed by atoms with Gasteiger partial charge in [-0.2, -0.15) is 0 Å². The summed E-state index contributed by atoms with van der Waals surface area (Å²) in [4.78, 5) is 14.1. The van der Waals surface area contributed by atoms with Gasteiger partial charge in [-0.05, 0) is 19.3 Å². The van der Waals surface area contributed by atoms with Crippen molar-refractivity contribution >= 4 is 5.91 Å². The zero-order valence-electron chi connectivity index (χ0n) is 9.98. The highest BCUT2D eigenvalue weighted by atomic mass is 16.5. The van der Waals surface area contributed by atoms with Crippen molar-refractivity contribution in [1.82, 2.24) is 4.90 Å². The molecule has 0 spiro atoms. The molecule has 0 aromatic heterocycles. The van der Waals surface area contributed by atoms with Crippen LogP contribution in [0.5, 0.6) is 0 Å². The molecule has 92 valence electrons. The summed E-state index contributed by atoms with van der Waals surface area (Å²) in [6.45, 7) is 5.61. The Kier molecular flexibility index (Phi) is 4.18. The largest absolute Gasteiger partial charge is 0.378 e. The van der Waals surface area contributed by atoms with Crippen molar-refractivity contribution in [3.05, 3.63) is 0 Å². The van der Waals surface area contributed by atoms with Gasteiger partial charge in [0, 0.05) is 19.7 Å². The van der Waals surface area contributed by atoms with Crippen molar-refractivity contribution in [2.75, 3.05) is 32.9 Å². The average Bonchev–Trinajstić information content (AvgIpc) is 2.39. The molecule has 4 heteroatoms. The van der Waals surface area contributed by atoms with Crippen molar-refractivity contribution in [3.8, 4) is 0 Å². The second-order valence-corrected chi connectivity index (χ2v) is 4.63. The van der Waals surface area contributed by atoms with Crippen LogP contribution in [0.15, 0.2) is 0 Å². The first-order chi connectivity index (χ1) is 7.79. The minimum atomic E-state index is -0.00148. The number of nitrogens with zero attached hydrogens (tertiary/aromatic N) is 1. The highest BCUT2D eigenvalue weighted by molar-refractivity contribution is 5.79. The Morgan fingerprint density at radius 2 is 2.00 bits per heavy atom. The van der Waals surface area contributed by atoms with E-state index in [0.29, 0.717) is 13.2 Å². The van der Waals surface area contributed by atoms with Gasteiger partial charge in [-0.3, -0.25) is 4.79 Å². The molecule has 2 aliphatic rings. The summed E-state index contributed by atoms with van der Waals surface area (Å²) in [7, 11) is 0. The van der Waals surface area contributed by atoms with E-state index in [4.69, 9.17) is 9.47 Å². The van der Waals surface area contributed by atoms with Gasteiger partial charge in [-0.25, -0.2) is 0 Å². The van der Waals surface area contributed by atoms with Gasteiger partial charge in [0.2, 0.25) is 5.91 Å². The first-order valence-electron chi connectivity index (χ1n) is 6.27. The highest BCUT2D eigenvalue weighted by Gasteiger charge is 2.30. The molecule has 0 N–H and O–H groups in total. The Morgan fingerprint density at radius 3 is 2.62 bits per heavy atom. The summed E-state index contributed by atoms with van der Waals surface area (Å²) < 4.78 is 10.9. The van der Waals surface area contributed by atoms with Gasteiger partial charge in [0.15, 0.2) is 0 Å². The second kappa shape index (κ2) is 5.64. The molecule has 2 fully saturated rings. The van der Waals surface area contributed by atoms with E-state index in [1.807, 2.05) is 11.8 Å². The predicted molar refractivity (Wildman–Crippen MR) is 60.2 cm³/mol. The highest BCUT2D eigenvalue weighted by Crippen LogP contribution is 2.21. The fourth-order valence-corrected chi connectivity index (χ4v) is 2.39. The van der Waals surface area contributed by atoms with Gasteiger partial charge in [-0.15, -0.1) is 0 Å². The molecule has 0 radical (unpaired) electrons. The van der Waals surface area contributed by atoms with Crippen LogP contribution in [0.25, 0.3) is 0 Å². The summed E-state index contributed by atoms with van der Waals surface area (Å²) in [6.07, 6.45) is 3.47. The zero-order valence-corrected chi connectivity index (χ0v) is 9.98. The van der Waals surface area contributed by atoms with Crippen molar-refractivity contribution in [1.29, 1.82) is 0 Å². The Hall–Kier alpha value is -0.610.